The fourth-order valence-corrected chi connectivity index (χ4v) is 8.60. The largest absolute Gasteiger partial charge is 0.512 e. The molecule has 6 aromatic carbocycles. The van der Waals surface area contributed by atoms with E-state index in [9.17, 15) is 15.2 Å². The minimum atomic E-state index is -0.417. The zero-order chi connectivity index (χ0) is 51.2. The fourth-order valence-electron chi connectivity index (χ4n) is 8.60. The number of fused-ring (bicyclic) bond motifs is 3. The van der Waals surface area contributed by atoms with Crippen LogP contribution >= 0.6 is 0 Å². The van der Waals surface area contributed by atoms with Crippen LogP contribution in [0.25, 0.3) is 77.8 Å². The van der Waals surface area contributed by atoms with Crippen LogP contribution in [0.3, 0.4) is 0 Å². The first kappa shape index (κ1) is 53.9. The van der Waals surface area contributed by atoms with Gasteiger partial charge in [-0.3, -0.25) is 19.7 Å². The van der Waals surface area contributed by atoms with Crippen LogP contribution in [-0.2, 0) is 24.9 Å². The van der Waals surface area contributed by atoms with Crippen molar-refractivity contribution in [1.29, 1.82) is 5.26 Å². The molecule has 0 saturated carbocycles. The Morgan fingerprint density at radius 3 is 1.56 bits per heavy atom. The molecule has 0 aliphatic rings. The van der Waals surface area contributed by atoms with E-state index in [4.69, 9.17) is 9.97 Å². The van der Waals surface area contributed by atoms with Gasteiger partial charge in [0, 0.05) is 77.6 Å². The summed E-state index contributed by atoms with van der Waals surface area (Å²) in [7, 11) is 0. The average Bonchev–Trinajstić information content (AvgIpc) is 3.33. The van der Waals surface area contributed by atoms with Gasteiger partial charge >= 0.3 is 0 Å². The van der Waals surface area contributed by atoms with E-state index in [-0.39, 0.29) is 37.1 Å². The van der Waals surface area contributed by atoms with E-state index in [0.29, 0.717) is 5.56 Å². The number of aliphatic hydroxyl groups excluding tert-OH is 1. The molecule has 0 amide bonds. The van der Waals surface area contributed by atoms with Crippen molar-refractivity contribution in [3.05, 3.63) is 203 Å². The molecule has 72 heavy (non-hydrogen) atoms. The van der Waals surface area contributed by atoms with Gasteiger partial charge < -0.3 is 10.1 Å². The third-order valence-corrected chi connectivity index (χ3v) is 12.2. The first-order valence-electron chi connectivity index (χ1n) is 23.9. The van der Waals surface area contributed by atoms with Crippen LogP contribution in [0, 0.1) is 69.8 Å². The van der Waals surface area contributed by atoms with Gasteiger partial charge in [0.15, 0.2) is 5.78 Å². The monoisotopic (exact) mass is 1130 g/mol. The third kappa shape index (κ3) is 12.7. The molecule has 1 radical (unpaired) electrons. The normalized spacial score (nSPS) is 11.4. The van der Waals surface area contributed by atoms with Crippen molar-refractivity contribution >= 4 is 27.6 Å². The summed E-state index contributed by atoms with van der Waals surface area (Å²) in [5.41, 5.74) is 18.7. The molecule has 8 heteroatoms. The Hall–Kier alpha value is -7.43. The Morgan fingerprint density at radius 2 is 1.10 bits per heavy atom. The molecule has 0 spiro atoms. The summed E-state index contributed by atoms with van der Waals surface area (Å²) < 4.78 is 0. The molecule has 7 nitrogen and oxygen atoms in total. The number of pyridine rings is 2. The second kappa shape index (κ2) is 22.8. The predicted octanol–water partition coefficient (Wildman–Crippen LogP) is 16.2. The van der Waals surface area contributed by atoms with Crippen molar-refractivity contribution in [3.8, 4) is 62.1 Å². The fraction of sp³-hybridized carbons (Fsp3) is 0.219. The van der Waals surface area contributed by atoms with E-state index in [2.05, 4.69) is 153 Å². The van der Waals surface area contributed by atoms with Crippen molar-refractivity contribution in [2.45, 2.75) is 83.1 Å². The van der Waals surface area contributed by atoms with Crippen LogP contribution in [0.15, 0.2) is 158 Å². The van der Waals surface area contributed by atoms with E-state index in [1.165, 1.54) is 45.0 Å². The Labute approximate surface area is 439 Å². The molecule has 365 valence electrons. The van der Waals surface area contributed by atoms with E-state index in [1.807, 2.05) is 98.2 Å². The molecule has 3 heterocycles. The molecule has 3 aromatic heterocycles. The first-order valence-corrected chi connectivity index (χ1v) is 23.9. The van der Waals surface area contributed by atoms with Gasteiger partial charge in [-0.1, -0.05) is 158 Å². The number of carbonyl (C=O) groups excluding carboxylic acids is 1. The molecule has 0 unspecified atom stereocenters. The minimum absolute atomic E-state index is 0. The molecule has 0 saturated heterocycles. The quantitative estimate of drug-likeness (QED) is 0.0764. The summed E-state index contributed by atoms with van der Waals surface area (Å²) in [6.07, 6.45) is 6.93. The van der Waals surface area contributed by atoms with E-state index in [1.54, 1.807) is 0 Å². The van der Waals surface area contributed by atoms with E-state index in [0.717, 1.165) is 72.3 Å². The summed E-state index contributed by atoms with van der Waals surface area (Å²) >= 11 is 0. The number of allylic oxidation sites excluding steroid dienone is 2. The maximum absolute atomic E-state index is 11.5. The molecule has 1 N–H and O–H groups in total. The Bertz CT molecular complexity index is 3330. The predicted molar refractivity (Wildman–Crippen MR) is 293 cm³/mol. The number of hydrogen-bond donors (Lipinski definition) is 1. The molecule has 9 aromatic rings. The van der Waals surface area contributed by atoms with Crippen LogP contribution in [0.2, 0.25) is 0 Å². The standard InChI is InChI=1S/C29H26N3.C24H16N2.C11H20O2.Ir/c1-17-7-18(2)10-24(9-17)28-29(25-11-19(3)8-20(4)12-25)32-26(16-31-28)27-21(5)13-23(15-30)14-22(27)6;1-3-7-17(8-4-1)19-13-15-25-23-21(19)11-12-22-20(14-16-26-24(22)23)18-9-5-2-6-10-18;1-10(2,3)8(12)7-9(13)11(4,5)6;/h7-9,11-14,16H,1-6H3;1-16H;7,12H,1-6H3;/q-1;;;. The number of hydrogen-bond acceptors (Lipinski definition) is 7. The molecule has 9 rings (SSSR count). The van der Waals surface area contributed by atoms with Crippen LogP contribution in [0.5, 0.6) is 0 Å². The summed E-state index contributed by atoms with van der Waals surface area (Å²) in [4.78, 5) is 30.9. The molecule has 0 aliphatic heterocycles. The van der Waals surface area contributed by atoms with E-state index >= 15 is 0 Å². The summed E-state index contributed by atoms with van der Waals surface area (Å²) in [6, 6.07) is 49.6. The number of nitrogens with zero attached hydrogens (tertiary/aromatic N) is 5. The maximum atomic E-state index is 11.5. The smallest absolute Gasteiger partial charge is 0.164 e. The minimum Gasteiger partial charge on any atom is -0.512 e. The van der Waals surface area contributed by atoms with Crippen molar-refractivity contribution in [2.24, 2.45) is 10.8 Å². The van der Waals surface area contributed by atoms with Gasteiger partial charge in [0.1, 0.15) is 5.76 Å². The number of aliphatic hydroxyl groups is 1. The van der Waals surface area contributed by atoms with Crippen LogP contribution < -0.4 is 0 Å². The molecular weight excluding hydrogens is 1060 g/mol. The van der Waals surface area contributed by atoms with Crippen LogP contribution in [0.1, 0.15) is 80.5 Å². The SMILES string of the molecule is CC(C)(C)C(=O)C=C(O)C(C)(C)C.Cc1[c-]c(-c2ncc(-c3c(C)cc(C#N)cc3C)nc2-c2cc(C)cc(C)c2)cc(C)c1.[Ir].c1ccc(-c2ccnc3c2ccc2c(-c4ccccc4)ccnc23)cc1. The zero-order valence-corrected chi connectivity index (χ0v) is 45.8. The van der Waals surface area contributed by atoms with Gasteiger partial charge in [-0.15, -0.1) is 34.9 Å². The first-order chi connectivity index (χ1) is 33.7. The van der Waals surface area contributed by atoms with Crippen molar-refractivity contribution in [2.75, 3.05) is 0 Å². The number of nitriles is 1. The van der Waals surface area contributed by atoms with Crippen LogP contribution in [0.4, 0.5) is 0 Å². The summed E-state index contributed by atoms with van der Waals surface area (Å²) in [5, 5.41) is 21.1. The molecular formula is C64H62IrN5O2-. The summed E-state index contributed by atoms with van der Waals surface area (Å²) in [5.74, 6) is 0.104. The molecule has 0 bridgehead atoms. The second-order valence-corrected chi connectivity index (χ2v) is 20.4. The Kier molecular flexibility index (Phi) is 17.0. The second-order valence-electron chi connectivity index (χ2n) is 20.4. The van der Waals surface area contributed by atoms with Gasteiger partial charge in [-0.05, 0) is 90.9 Å². The van der Waals surface area contributed by atoms with Crippen LogP contribution in [-0.4, -0.2) is 30.8 Å². The zero-order valence-electron chi connectivity index (χ0n) is 43.4. The number of carbonyl (C=O) groups is 1. The average molecular weight is 1130 g/mol. The van der Waals surface area contributed by atoms with E-state index < -0.39 is 5.41 Å². The summed E-state index contributed by atoms with van der Waals surface area (Å²) in [6.45, 7) is 23.5. The number of benzene rings is 6. The van der Waals surface area contributed by atoms with Gasteiger partial charge in [0.2, 0.25) is 0 Å². The third-order valence-electron chi connectivity index (χ3n) is 12.2. The van der Waals surface area contributed by atoms with Crippen molar-refractivity contribution in [1.82, 2.24) is 19.9 Å². The van der Waals surface area contributed by atoms with Gasteiger partial charge in [0.05, 0.1) is 34.1 Å². The Morgan fingerprint density at radius 1 is 0.597 bits per heavy atom. The topological polar surface area (TPSA) is 113 Å². The number of rotatable bonds is 6. The van der Waals surface area contributed by atoms with Gasteiger partial charge in [0.25, 0.3) is 0 Å². The van der Waals surface area contributed by atoms with Crippen molar-refractivity contribution in [3.63, 3.8) is 0 Å². The van der Waals surface area contributed by atoms with Gasteiger partial charge in [-0.2, -0.15) is 5.26 Å². The number of aromatic nitrogens is 4. The Balaban J connectivity index is 0.000000190. The number of aryl methyl sites for hydroxylation is 6. The van der Waals surface area contributed by atoms with Gasteiger partial charge in [-0.25, -0.2) is 0 Å². The number of ketones is 1. The molecule has 0 atom stereocenters. The molecule has 0 fully saturated rings. The molecule has 0 aliphatic carbocycles. The maximum Gasteiger partial charge on any atom is 0.164 e. The van der Waals surface area contributed by atoms with Crippen molar-refractivity contribution < 1.29 is 30.0 Å².